The van der Waals surface area contributed by atoms with E-state index in [9.17, 15) is 18.0 Å². The molecular formula is C22H24F3N9O. The van der Waals surface area contributed by atoms with Crippen molar-refractivity contribution in [3.63, 3.8) is 0 Å². The van der Waals surface area contributed by atoms with Crippen LogP contribution in [0, 0.1) is 6.92 Å². The largest absolute Gasteiger partial charge is 0.382 e. The van der Waals surface area contributed by atoms with Crippen LogP contribution < -0.4 is 11.4 Å². The molecule has 4 aromatic rings. The summed E-state index contributed by atoms with van der Waals surface area (Å²) in [6.07, 6.45) is -3.58. The summed E-state index contributed by atoms with van der Waals surface area (Å²) in [6.45, 7) is 2.83. The van der Waals surface area contributed by atoms with Crippen molar-refractivity contribution >= 4 is 28.4 Å². The zero-order valence-electron chi connectivity index (χ0n) is 20.0. The molecule has 3 N–H and O–H groups in total. The molecule has 13 heteroatoms. The van der Waals surface area contributed by atoms with Gasteiger partial charge in [0.05, 0.1) is 26.2 Å². The fourth-order valence-electron chi connectivity index (χ4n) is 4.37. The molecule has 184 valence electrons. The Hall–Kier alpha value is -3.90. The number of rotatable bonds is 4. The summed E-state index contributed by atoms with van der Waals surface area (Å²) in [7, 11) is 0. The summed E-state index contributed by atoms with van der Waals surface area (Å²) < 4.78 is 51.9. The van der Waals surface area contributed by atoms with E-state index < -0.39 is 25.2 Å². The number of nitrogens with zero attached hydrogens (tertiary/aromatic N) is 7. The van der Waals surface area contributed by atoms with Gasteiger partial charge in [0.1, 0.15) is 23.0 Å². The van der Waals surface area contributed by atoms with Crippen molar-refractivity contribution in [3.05, 3.63) is 35.8 Å². The van der Waals surface area contributed by atoms with Gasteiger partial charge in [0, 0.05) is 25.2 Å². The van der Waals surface area contributed by atoms with Gasteiger partial charge in [0.25, 0.3) is 6.43 Å². The van der Waals surface area contributed by atoms with Gasteiger partial charge in [-0.05, 0) is 31.5 Å². The van der Waals surface area contributed by atoms with Gasteiger partial charge < -0.3 is 15.2 Å². The molecule has 1 aliphatic heterocycles. The van der Waals surface area contributed by atoms with Crippen molar-refractivity contribution in [2.75, 3.05) is 18.8 Å². The van der Waals surface area contributed by atoms with E-state index >= 15 is 0 Å². The Labute approximate surface area is 198 Å². The number of pyridine rings is 1. The Balaban J connectivity index is 1.56. The van der Waals surface area contributed by atoms with Crippen LogP contribution in [0.25, 0.3) is 27.9 Å². The summed E-state index contributed by atoms with van der Waals surface area (Å²) in [5.41, 5.74) is 8.28. The Bertz CT molecular complexity index is 1540. The normalized spacial score (nSPS) is 19.8. The van der Waals surface area contributed by atoms with Gasteiger partial charge in [-0.15, -0.1) is 0 Å². The first-order valence-electron chi connectivity index (χ1n) is 11.6. The number of piperidine rings is 1. The minimum Gasteiger partial charge on any atom is -0.382 e. The van der Waals surface area contributed by atoms with Crippen LogP contribution in [0.5, 0.6) is 0 Å². The van der Waals surface area contributed by atoms with E-state index in [0.29, 0.717) is 46.7 Å². The molecular weight excluding hydrogens is 463 g/mol. The molecule has 4 aromatic heterocycles. The van der Waals surface area contributed by atoms with Crippen molar-refractivity contribution in [1.29, 1.82) is 0 Å². The molecule has 1 saturated heterocycles. The number of hydrogen-bond donors (Lipinski definition) is 2. The zero-order chi connectivity index (χ0) is 25.7. The second-order valence-electron chi connectivity index (χ2n) is 8.47. The van der Waals surface area contributed by atoms with E-state index in [2.05, 4.69) is 25.0 Å². The lowest BCUT2D eigenvalue weighted by molar-refractivity contribution is -0.131. The predicted octanol–water partition coefficient (Wildman–Crippen LogP) is 2.09. The average molecular weight is 488 g/mol. The van der Waals surface area contributed by atoms with Gasteiger partial charge in [-0.3, -0.25) is 14.4 Å². The standard InChI is InChI=1S/C22H24F3N9O/c1-11-27-17-4-3-15(28-21(17)33(11)10-18(24)25)13-5-8-34-19(13)20(26)30-22(31-34)29-16-6-7-32(12(2)35)9-14(16)23/h3-5,8,14,16,18H,6-7,9-10H2,1-2H3,(H3,26,29,30,31)/t14-,16+/m1/s1/i8D. The second-order valence-corrected chi connectivity index (χ2v) is 8.47. The molecule has 1 fully saturated rings. The van der Waals surface area contributed by atoms with Crippen LogP contribution in [0.1, 0.15) is 20.5 Å². The number of nitrogen functional groups attached to an aromatic ring is 1. The van der Waals surface area contributed by atoms with E-state index in [1.807, 2.05) is 0 Å². The zero-order valence-corrected chi connectivity index (χ0v) is 19.0. The maximum atomic E-state index is 14.6. The Morgan fingerprint density at radius 3 is 2.86 bits per heavy atom. The molecule has 10 nitrogen and oxygen atoms in total. The SMILES string of the molecule is [2H]c1cc(-c2ccc3nc(C)n(CC(F)F)c3n2)c2c(N)nc(=N[C@H]3CCN(C(C)=O)C[C@H]3F)[nH]n12. The quantitative estimate of drug-likeness (QED) is 0.456. The third-order valence-electron chi connectivity index (χ3n) is 6.12. The highest BCUT2D eigenvalue weighted by molar-refractivity contribution is 5.88. The van der Waals surface area contributed by atoms with E-state index in [4.69, 9.17) is 7.10 Å². The smallest absolute Gasteiger partial charge is 0.256 e. The third-order valence-corrected chi connectivity index (χ3v) is 6.12. The van der Waals surface area contributed by atoms with Crippen molar-refractivity contribution in [2.24, 2.45) is 4.99 Å². The second kappa shape index (κ2) is 8.71. The number of nitrogens with two attached hydrogens (primary N) is 1. The number of imidazole rings is 1. The number of aryl methyl sites for hydroxylation is 1. The number of hydrogen-bond acceptors (Lipinski definition) is 6. The first-order valence-corrected chi connectivity index (χ1v) is 11.1. The summed E-state index contributed by atoms with van der Waals surface area (Å²) in [6, 6.07) is 4.15. The number of likely N-dealkylation sites (tertiary alicyclic amines) is 1. The number of nitrogens with one attached hydrogen (secondary N) is 1. The Morgan fingerprint density at radius 2 is 2.14 bits per heavy atom. The van der Waals surface area contributed by atoms with Gasteiger partial charge in [0.2, 0.25) is 11.5 Å². The maximum absolute atomic E-state index is 14.6. The fraction of sp³-hybridized carbons (Fsp3) is 0.409. The maximum Gasteiger partial charge on any atom is 0.256 e. The Morgan fingerprint density at radius 1 is 1.34 bits per heavy atom. The molecule has 0 radical (unpaired) electrons. The van der Waals surface area contributed by atoms with Crippen LogP contribution in [-0.4, -0.2) is 71.7 Å². The lowest BCUT2D eigenvalue weighted by Gasteiger charge is -2.31. The van der Waals surface area contributed by atoms with Crippen LogP contribution in [0.15, 0.2) is 29.4 Å². The minimum absolute atomic E-state index is 0.0212. The molecule has 2 atom stereocenters. The molecule has 0 saturated carbocycles. The van der Waals surface area contributed by atoms with Gasteiger partial charge >= 0.3 is 0 Å². The van der Waals surface area contributed by atoms with E-state index in [1.54, 1.807) is 19.1 Å². The fourth-order valence-corrected chi connectivity index (χ4v) is 4.37. The number of halogens is 3. The van der Waals surface area contributed by atoms with Crippen molar-refractivity contribution in [2.45, 2.75) is 45.5 Å². The molecule has 5 rings (SSSR count). The van der Waals surface area contributed by atoms with Crippen LogP contribution in [0.3, 0.4) is 0 Å². The van der Waals surface area contributed by atoms with Gasteiger partial charge in [-0.1, -0.05) is 0 Å². The Kier molecular flexibility index (Phi) is 5.38. The summed E-state index contributed by atoms with van der Waals surface area (Å²) in [4.78, 5) is 30.4. The molecule has 0 unspecified atom stereocenters. The molecule has 0 aliphatic carbocycles. The lowest BCUT2D eigenvalue weighted by Crippen LogP contribution is -2.46. The molecule has 0 aromatic carbocycles. The third kappa shape index (κ3) is 4.21. The van der Waals surface area contributed by atoms with Crippen molar-refractivity contribution in [3.8, 4) is 11.3 Å². The monoisotopic (exact) mass is 488 g/mol. The highest BCUT2D eigenvalue weighted by Crippen LogP contribution is 2.28. The highest BCUT2D eigenvalue weighted by Gasteiger charge is 2.30. The number of aromatic amines is 1. The number of carbonyl (C=O) groups is 1. The number of H-pyrrole nitrogens is 1. The molecule has 0 bridgehead atoms. The number of anilines is 1. The van der Waals surface area contributed by atoms with Gasteiger partial charge in [-0.2, -0.15) is 4.98 Å². The number of fused-ring (bicyclic) bond motifs is 2. The predicted molar refractivity (Wildman–Crippen MR) is 122 cm³/mol. The first kappa shape index (κ1) is 21.6. The summed E-state index contributed by atoms with van der Waals surface area (Å²) >= 11 is 0. The molecule has 35 heavy (non-hydrogen) atoms. The number of alkyl halides is 3. The summed E-state index contributed by atoms with van der Waals surface area (Å²) in [5, 5.41) is 2.89. The average Bonchev–Trinajstić information content (AvgIpc) is 3.31. The molecule has 0 spiro atoms. The summed E-state index contributed by atoms with van der Waals surface area (Å²) in [5.74, 6) is 0.264. The van der Waals surface area contributed by atoms with E-state index in [0.717, 1.165) is 0 Å². The van der Waals surface area contributed by atoms with Crippen LogP contribution in [0.2, 0.25) is 0 Å². The van der Waals surface area contributed by atoms with Crippen LogP contribution in [0.4, 0.5) is 19.0 Å². The van der Waals surface area contributed by atoms with E-state index in [-0.39, 0.29) is 30.1 Å². The number of aromatic nitrogens is 6. The minimum atomic E-state index is -2.57. The molecule has 1 aliphatic rings. The van der Waals surface area contributed by atoms with Gasteiger partial charge in [0.15, 0.2) is 11.5 Å². The van der Waals surface area contributed by atoms with Crippen molar-refractivity contribution < 1.29 is 19.3 Å². The van der Waals surface area contributed by atoms with Crippen molar-refractivity contribution in [1.82, 2.24) is 34.0 Å². The highest BCUT2D eigenvalue weighted by atomic mass is 19.3. The topological polar surface area (TPSA) is 122 Å². The molecule has 5 heterocycles. The lowest BCUT2D eigenvalue weighted by atomic mass is 10.0. The first-order chi connectivity index (χ1) is 17.1. The van der Waals surface area contributed by atoms with Gasteiger partial charge in [-0.25, -0.2) is 28.1 Å². The van der Waals surface area contributed by atoms with Crippen LogP contribution in [-0.2, 0) is 11.3 Å². The van der Waals surface area contributed by atoms with E-state index in [1.165, 1.54) is 27.0 Å². The number of carbonyl (C=O) groups excluding carboxylic acids is 1. The van der Waals surface area contributed by atoms with Crippen LogP contribution >= 0.6 is 0 Å². The molecule has 1 amide bonds. The number of amides is 1.